The van der Waals surface area contributed by atoms with Crippen LogP contribution in [0.15, 0.2) is 72.0 Å². The molecule has 3 aromatic rings. The van der Waals surface area contributed by atoms with Gasteiger partial charge in [0.25, 0.3) is 0 Å². The second kappa shape index (κ2) is 8.10. The number of hydrogen-bond donors (Lipinski definition) is 0. The van der Waals surface area contributed by atoms with Gasteiger partial charge in [0.1, 0.15) is 16.5 Å². The molecule has 3 rings (SSSR count). The molecule has 6 nitrogen and oxygen atoms in total. The number of carbonyl (C=O) groups is 1. The average Bonchev–Trinajstić information content (AvgIpc) is 2.66. The van der Waals surface area contributed by atoms with Crippen LogP contribution in [-0.2, 0) is 6.54 Å². The fourth-order valence-electron chi connectivity index (χ4n) is 2.35. The van der Waals surface area contributed by atoms with Crippen LogP contribution in [0, 0.1) is 11.5 Å². The highest BCUT2D eigenvalue weighted by molar-refractivity contribution is 6.29. The topological polar surface area (TPSA) is 80.3 Å². The first-order valence-electron chi connectivity index (χ1n) is 7.67. The molecular weight excluding hydrogens is 352 g/mol. The number of benzene rings is 1. The zero-order chi connectivity index (χ0) is 18.4. The lowest BCUT2D eigenvalue weighted by molar-refractivity contribution is 0.0732. The van der Waals surface area contributed by atoms with Gasteiger partial charge >= 0.3 is 5.97 Å². The predicted octanol–water partition coefficient (Wildman–Crippen LogP) is 3.19. The molecule has 0 spiro atoms. The summed E-state index contributed by atoms with van der Waals surface area (Å²) in [7, 11) is 0. The van der Waals surface area contributed by atoms with Crippen LogP contribution in [0.25, 0.3) is 0 Å². The minimum absolute atomic E-state index is 0.194. The van der Waals surface area contributed by atoms with Gasteiger partial charge in [-0.3, -0.25) is 0 Å². The Morgan fingerprint density at radius 3 is 2.69 bits per heavy atom. The van der Waals surface area contributed by atoms with E-state index in [0.29, 0.717) is 17.4 Å². The predicted molar refractivity (Wildman–Crippen MR) is 95.4 cm³/mol. The van der Waals surface area contributed by atoms with E-state index in [1.165, 1.54) is 0 Å². The van der Waals surface area contributed by atoms with Gasteiger partial charge in [-0.25, -0.2) is 9.78 Å². The Labute approximate surface area is 154 Å². The molecule has 0 aliphatic rings. The number of halogens is 1. The summed E-state index contributed by atoms with van der Waals surface area (Å²) in [5.41, 5.74) is 1.26. The Bertz CT molecular complexity index is 1020. The smallest absolute Gasteiger partial charge is 0.347 e. The molecule has 26 heavy (non-hydrogen) atoms. The fraction of sp³-hybridized carbons (Fsp3) is 0.0526. The van der Waals surface area contributed by atoms with Crippen molar-refractivity contribution in [2.45, 2.75) is 6.54 Å². The summed E-state index contributed by atoms with van der Waals surface area (Å²) in [6.45, 7) is 0.372. The van der Waals surface area contributed by atoms with E-state index in [-0.39, 0.29) is 11.1 Å². The third-order valence-electron chi connectivity index (χ3n) is 3.51. The first-order valence-corrected chi connectivity index (χ1v) is 8.05. The maximum absolute atomic E-state index is 12.5. The lowest BCUT2D eigenvalue weighted by atomic mass is 10.2. The van der Waals surface area contributed by atoms with Crippen molar-refractivity contribution < 1.29 is 9.53 Å². The number of hydrogen-bond acceptors (Lipinski definition) is 5. The van der Waals surface area contributed by atoms with Crippen molar-refractivity contribution >= 4 is 17.6 Å². The van der Waals surface area contributed by atoms with Crippen LogP contribution in [0.3, 0.4) is 0 Å². The van der Waals surface area contributed by atoms with E-state index < -0.39 is 5.97 Å². The molecular formula is C19H13ClN4O2. The molecule has 0 N–H and O–H groups in total. The van der Waals surface area contributed by atoms with Crippen molar-refractivity contribution in [2.75, 3.05) is 0 Å². The monoisotopic (exact) mass is 364 g/mol. The van der Waals surface area contributed by atoms with E-state index in [1.807, 2.05) is 12.1 Å². The lowest BCUT2D eigenvalue weighted by Gasteiger charge is -2.10. The number of aromatic nitrogens is 2. The number of ether oxygens (including phenoxy) is 1. The van der Waals surface area contributed by atoms with Gasteiger partial charge < -0.3 is 9.30 Å². The summed E-state index contributed by atoms with van der Waals surface area (Å²) in [5, 5.41) is 9.42. The van der Waals surface area contributed by atoms with Gasteiger partial charge in [-0.1, -0.05) is 35.9 Å². The maximum Gasteiger partial charge on any atom is 0.347 e. The molecule has 0 aliphatic heterocycles. The molecule has 0 aliphatic carbocycles. The van der Waals surface area contributed by atoms with Gasteiger partial charge in [0.15, 0.2) is 5.49 Å². The molecule has 0 bridgehead atoms. The summed E-state index contributed by atoms with van der Waals surface area (Å²) in [6.07, 6.45) is 5.09. The highest BCUT2D eigenvalue weighted by Gasteiger charge is 2.13. The van der Waals surface area contributed by atoms with Gasteiger partial charge in [-0.15, -0.1) is 0 Å². The fourth-order valence-corrected chi connectivity index (χ4v) is 2.46. The van der Waals surface area contributed by atoms with Crippen LogP contribution >= 0.6 is 11.6 Å². The van der Waals surface area contributed by atoms with Crippen LogP contribution in [-0.4, -0.2) is 15.5 Å². The van der Waals surface area contributed by atoms with Gasteiger partial charge in [0, 0.05) is 12.4 Å². The minimum atomic E-state index is -0.589. The molecule has 128 valence electrons. The zero-order valence-corrected chi connectivity index (χ0v) is 14.3. The summed E-state index contributed by atoms with van der Waals surface area (Å²) in [4.78, 5) is 20.4. The molecule has 0 atom stereocenters. The third-order valence-corrected chi connectivity index (χ3v) is 3.74. The Balaban J connectivity index is 1.96. The Kier molecular flexibility index (Phi) is 5.42. The summed E-state index contributed by atoms with van der Waals surface area (Å²) < 4.78 is 7.03. The van der Waals surface area contributed by atoms with Crippen LogP contribution in [0.2, 0.25) is 5.15 Å². The second-order valence-corrected chi connectivity index (χ2v) is 5.66. The maximum atomic E-state index is 12.5. The molecule has 2 aromatic heterocycles. The number of nitrogens with zero attached hydrogens (tertiary/aromatic N) is 4. The molecule has 0 unspecified atom stereocenters. The average molecular weight is 365 g/mol. The zero-order valence-electron chi connectivity index (χ0n) is 13.5. The van der Waals surface area contributed by atoms with E-state index in [1.54, 1.807) is 65.6 Å². The second-order valence-electron chi connectivity index (χ2n) is 5.28. The van der Waals surface area contributed by atoms with Crippen LogP contribution in [0.5, 0.6) is 5.75 Å². The molecule has 0 amide bonds. The van der Waals surface area contributed by atoms with E-state index in [9.17, 15) is 4.79 Å². The largest absolute Gasteiger partial charge is 0.423 e. The summed E-state index contributed by atoms with van der Waals surface area (Å²) in [5.74, 6) is -0.175. The summed E-state index contributed by atoms with van der Waals surface area (Å²) >= 11 is 5.80. The van der Waals surface area contributed by atoms with E-state index in [0.717, 1.165) is 5.56 Å². The van der Waals surface area contributed by atoms with Crippen molar-refractivity contribution in [3.8, 4) is 11.9 Å². The minimum Gasteiger partial charge on any atom is -0.423 e. The van der Waals surface area contributed by atoms with Crippen molar-refractivity contribution in [2.24, 2.45) is 4.99 Å². The molecule has 2 heterocycles. The lowest BCUT2D eigenvalue weighted by Crippen LogP contribution is -2.29. The standard InChI is InChI=1S/C19H13ClN4O2/c20-17-9-8-14(11-22-17)12-24-10-4-7-16(18(24)23-13-21)19(25)26-15-5-2-1-3-6-15/h1-11H,12H2/b23-18+. The summed E-state index contributed by atoms with van der Waals surface area (Å²) in [6, 6.07) is 15.5. The highest BCUT2D eigenvalue weighted by atomic mass is 35.5. The SMILES string of the molecule is N#C/N=c1\c(C(=O)Oc2ccccc2)cccn1Cc1ccc(Cl)nc1. The molecule has 0 saturated carbocycles. The van der Waals surface area contributed by atoms with E-state index in [2.05, 4.69) is 9.98 Å². The van der Waals surface area contributed by atoms with E-state index in [4.69, 9.17) is 21.6 Å². The number of rotatable bonds is 4. The van der Waals surface area contributed by atoms with Crippen LogP contribution in [0.4, 0.5) is 0 Å². The quantitative estimate of drug-likeness (QED) is 0.308. The molecule has 7 heteroatoms. The first kappa shape index (κ1) is 17.4. The number of carbonyl (C=O) groups excluding carboxylic acids is 1. The third kappa shape index (κ3) is 4.15. The molecule has 1 aromatic carbocycles. The molecule has 0 fully saturated rings. The Morgan fingerprint density at radius 1 is 1.19 bits per heavy atom. The van der Waals surface area contributed by atoms with Crippen molar-refractivity contribution in [3.05, 3.63) is 88.8 Å². The number of nitriles is 1. The van der Waals surface area contributed by atoms with Gasteiger partial charge in [-0.2, -0.15) is 10.3 Å². The Morgan fingerprint density at radius 2 is 2.00 bits per heavy atom. The van der Waals surface area contributed by atoms with Crippen molar-refractivity contribution in [3.63, 3.8) is 0 Å². The van der Waals surface area contributed by atoms with Gasteiger partial charge in [0.2, 0.25) is 6.19 Å². The van der Waals surface area contributed by atoms with Gasteiger partial charge in [-0.05, 0) is 35.9 Å². The first-order chi connectivity index (χ1) is 12.7. The highest BCUT2D eigenvalue weighted by Crippen LogP contribution is 2.11. The van der Waals surface area contributed by atoms with Gasteiger partial charge in [0.05, 0.1) is 6.54 Å². The van der Waals surface area contributed by atoms with E-state index >= 15 is 0 Å². The Hall–Kier alpha value is -3.43. The van der Waals surface area contributed by atoms with Crippen molar-refractivity contribution in [1.82, 2.24) is 9.55 Å². The molecule has 0 saturated heterocycles. The number of esters is 1. The van der Waals surface area contributed by atoms with Crippen LogP contribution < -0.4 is 10.2 Å². The van der Waals surface area contributed by atoms with Crippen molar-refractivity contribution in [1.29, 1.82) is 5.26 Å². The normalized spacial score (nSPS) is 11.0. The number of pyridine rings is 2. The molecule has 0 radical (unpaired) electrons. The van der Waals surface area contributed by atoms with Crippen LogP contribution in [0.1, 0.15) is 15.9 Å². The number of para-hydroxylation sites is 1.